The third kappa shape index (κ3) is 4.38. The quantitative estimate of drug-likeness (QED) is 0.612. The van der Waals surface area contributed by atoms with E-state index < -0.39 is 0 Å². The van der Waals surface area contributed by atoms with Crippen LogP contribution in [0.4, 0.5) is 15.5 Å². The number of nitrogens with one attached hydrogen (secondary N) is 3. The molecule has 1 aromatic carbocycles. The monoisotopic (exact) mass is 431 g/mol. The van der Waals surface area contributed by atoms with E-state index in [9.17, 15) is 9.59 Å². The fourth-order valence-electron chi connectivity index (χ4n) is 3.81. The van der Waals surface area contributed by atoms with Crippen molar-refractivity contribution >= 4 is 45.8 Å². The Morgan fingerprint density at radius 1 is 1.24 bits per heavy atom. The molecule has 1 aromatic heterocycles. The molecule has 0 saturated carbocycles. The Kier molecular flexibility index (Phi) is 6.30. The Balaban J connectivity index is 1.48. The van der Waals surface area contributed by atoms with E-state index in [4.69, 9.17) is 4.74 Å². The Morgan fingerprint density at radius 2 is 2.14 bits per heavy atom. The second-order valence-corrected chi connectivity index (χ2v) is 9.22. The minimum Gasteiger partial charge on any atom is -0.462 e. The first-order valence-corrected chi connectivity index (χ1v) is 11.9. The number of esters is 1. The highest BCUT2D eigenvalue weighted by molar-refractivity contribution is 7.98. The first-order chi connectivity index (χ1) is 14.2. The van der Waals surface area contributed by atoms with Gasteiger partial charge in [-0.15, -0.1) is 11.3 Å². The molecular formula is C21H25N3O3S2. The van der Waals surface area contributed by atoms with Crippen LogP contribution in [0.1, 0.15) is 45.3 Å². The summed E-state index contributed by atoms with van der Waals surface area (Å²) in [5.74, 6) is 1.50. The summed E-state index contributed by atoms with van der Waals surface area (Å²) >= 11 is 3.33. The van der Waals surface area contributed by atoms with Crippen molar-refractivity contribution in [1.29, 1.82) is 0 Å². The van der Waals surface area contributed by atoms with Crippen LogP contribution in [0, 0.1) is 0 Å². The summed E-state index contributed by atoms with van der Waals surface area (Å²) in [4.78, 5) is 26.3. The molecule has 2 aliphatic heterocycles. The second-order valence-electron chi connectivity index (χ2n) is 7.01. The Morgan fingerprint density at radius 3 is 3.00 bits per heavy atom. The molecule has 0 unspecified atom stereocenters. The van der Waals surface area contributed by atoms with Crippen LogP contribution in [0.2, 0.25) is 0 Å². The van der Waals surface area contributed by atoms with E-state index in [-0.39, 0.29) is 12.0 Å². The fourth-order valence-corrected chi connectivity index (χ4v) is 6.18. The molecule has 0 aliphatic carbocycles. The van der Waals surface area contributed by atoms with Crippen molar-refractivity contribution in [1.82, 2.24) is 5.32 Å². The molecule has 0 spiro atoms. The van der Waals surface area contributed by atoms with Crippen LogP contribution in [0.5, 0.6) is 0 Å². The number of thiophene rings is 1. The third-order valence-corrected chi connectivity index (χ3v) is 7.47. The van der Waals surface area contributed by atoms with Crippen LogP contribution in [0.3, 0.4) is 0 Å². The number of urea groups is 1. The van der Waals surface area contributed by atoms with Gasteiger partial charge in [0.2, 0.25) is 0 Å². The maximum Gasteiger partial charge on any atom is 0.341 e. The van der Waals surface area contributed by atoms with E-state index in [1.165, 1.54) is 16.9 Å². The van der Waals surface area contributed by atoms with Crippen LogP contribution >= 0.6 is 23.1 Å². The molecule has 0 bridgehead atoms. The van der Waals surface area contributed by atoms with E-state index in [2.05, 4.69) is 28.1 Å². The average molecular weight is 432 g/mol. The number of benzene rings is 1. The summed E-state index contributed by atoms with van der Waals surface area (Å²) in [6.45, 7) is 3.55. The summed E-state index contributed by atoms with van der Waals surface area (Å²) < 4.78 is 5.25. The molecule has 29 heavy (non-hydrogen) atoms. The Hall–Kier alpha value is -2.19. The maximum atomic E-state index is 12.6. The van der Waals surface area contributed by atoms with Crippen LogP contribution in [0.25, 0.3) is 0 Å². The zero-order valence-corrected chi connectivity index (χ0v) is 18.1. The molecule has 0 fully saturated rings. The van der Waals surface area contributed by atoms with Gasteiger partial charge in [-0.1, -0.05) is 12.1 Å². The number of carbonyl (C=O) groups is 2. The van der Waals surface area contributed by atoms with Gasteiger partial charge in [0.1, 0.15) is 5.00 Å². The SMILES string of the molecule is CCOC(=O)c1c(NC(=O)NCc2cccc3c2CCCN3)sc2c1CCSC2. The normalized spacial score (nSPS) is 14.9. The van der Waals surface area contributed by atoms with Crippen LogP contribution in [-0.4, -0.2) is 30.9 Å². The Labute approximate surface area is 178 Å². The first kappa shape index (κ1) is 20.1. The van der Waals surface area contributed by atoms with Gasteiger partial charge in [0.05, 0.1) is 12.2 Å². The van der Waals surface area contributed by atoms with Crippen LogP contribution in [-0.2, 0) is 29.9 Å². The smallest absolute Gasteiger partial charge is 0.341 e. The number of hydrogen-bond donors (Lipinski definition) is 3. The molecular weight excluding hydrogens is 406 g/mol. The summed E-state index contributed by atoms with van der Waals surface area (Å²) in [5.41, 5.74) is 5.12. The molecule has 3 N–H and O–H groups in total. The van der Waals surface area contributed by atoms with Gasteiger partial charge in [-0.2, -0.15) is 11.8 Å². The van der Waals surface area contributed by atoms with Crippen molar-refractivity contribution < 1.29 is 14.3 Å². The van der Waals surface area contributed by atoms with Gasteiger partial charge in [-0.25, -0.2) is 9.59 Å². The van der Waals surface area contributed by atoms with Crippen molar-refractivity contribution in [2.45, 2.75) is 38.5 Å². The van der Waals surface area contributed by atoms with Gasteiger partial charge >= 0.3 is 12.0 Å². The highest BCUT2D eigenvalue weighted by Crippen LogP contribution is 2.39. The molecule has 2 amide bonds. The number of ether oxygens (including phenoxy) is 1. The van der Waals surface area contributed by atoms with Gasteiger partial charge in [0.15, 0.2) is 0 Å². The predicted molar refractivity (Wildman–Crippen MR) is 119 cm³/mol. The van der Waals surface area contributed by atoms with Gasteiger partial charge in [-0.05, 0) is 54.7 Å². The van der Waals surface area contributed by atoms with Gasteiger partial charge in [-0.3, -0.25) is 5.32 Å². The number of hydrogen-bond acceptors (Lipinski definition) is 6. The lowest BCUT2D eigenvalue weighted by atomic mass is 9.97. The highest BCUT2D eigenvalue weighted by Gasteiger charge is 2.27. The zero-order valence-electron chi connectivity index (χ0n) is 16.4. The molecule has 154 valence electrons. The number of rotatable bonds is 5. The third-order valence-electron chi connectivity index (χ3n) is 5.16. The number of thioether (sulfide) groups is 1. The van der Waals surface area contributed by atoms with Crippen molar-refractivity contribution in [3.8, 4) is 0 Å². The second kappa shape index (κ2) is 9.09. The van der Waals surface area contributed by atoms with Crippen molar-refractivity contribution in [2.75, 3.05) is 29.5 Å². The lowest BCUT2D eigenvalue weighted by molar-refractivity contribution is 0.0527. The minimum atomic E-state index is -0.351. The average Bonchev–Trinajstić information content (AvgIpc) is 3.10. The van der Waals surface area contributed by atoms with E-state index in [0.717, 1.165) is 59.0 Å². The Bertz CT molecular complexity index is 926. The van der Waals surface area contributed by atoms with Gasteiger partial charge in [0.25, 0.3) is 0 Å². The lowest BCUT2D eigenvalue weighted by Gasteiger charge is -2.21. The molecule has 0 saturated heterocycles. The van der Waals surface area contributed by atoms with E-state index in [0.29, 0.717) is 23.7 Å². The first-order valence-electron chi connectivity index (χ1n) is 9.96. The number of fused-ring (bicyclic) bond motifs is 2. The topological polar surface area (TPSA) is 79.5 Å². The molecule has 3 heterocycles. The highest BCUT2D eigenvalue weighted by atomic mass is 32.2. The van der Waals surface area contributed by atoms with Gasteiger partial charge < -0.3 is 15.4 Å². The number of anilines is 2. The number of carbonyl (C=O) groups excluding carboxylic acids is 2. The van der Waals surface area contributed by atoms with Crippen LogP contribution in [0.15, 0.2) is 18.2 Å². The minimum absolute atomic E-state index is 0.303. The zero-order chi connectivity index (χ0) is 20.2. The summed E-state index contributed by atoms with van der Waals surface area (Å²) in [7, 11) is 0. The molecule has 4 rings (SSSR count). The largest absolute Gasteiger partial charge is 0.462 e. The molecule has 2 aliphatic rings. The standard InChI is InChI=1S/C21H25N3O3S2/c1-2-27-20(25)18-15-8-10-28-12-17(15)29-19(18)24-21(26)23-11-13-5-3-7-16-14(13)6-4-9-22-16/h3,5,7,22H,2,4,6,8-12H2,1H3,(H2,23,24,26). The summed E-state index contributed by atoms with van der Waals surface area (Å²) in [6, 6.07) is 5.84. The molecule has 8 heteroatoms. The van der Waals surface area contributed by atoms with Crippen molar-refractivity contribution in [2.24, 2.45) is 0 Å². The van der Waals surface area contributed by atoms with Crippen molar-refractivity contribution in [3.05, 3.63) is 45.3 Å². The van der Waals surface area contributed by atoms with E-state index in [1.807, 2.05) is 17.8 Å². The number of amides is 2. The lowest BCUT2D eigenvalue weighted by Crippen LogP contribution is -2.29. The fraction of sp³-hybridized carbons (Fsp3) is 0.429. The molecule has 6 nitrogen and oxygen atoms in total. The van der Waals surface area contributed by atoms with Crippen LogP contribution < -0.4 is 16.0 Å². The molecule has 2 aromatic rings. The molecule has 0 atom stereocenters. The molecule has 0 radical (unpaired) electrons. The van der Waals surface area contributed by atoms with Gasteiger partial charge in [0, 0.05) is 29.4 Å². The predicted octanol–water partition coefficient (Wildman–Crippen LogP) is 4.39. The maximum absolute atomic E-state index is 12.6. The van der Waals surface area contributed by atoms with E-state index in [1.54, 1.807) is 6.92 Å². The van der Waals surface area contributed by atoms with E-state index >= 15 is 0 Å². The van der Waals surface area contributed by atoms with Crippen molar-refractivity contribution in [3.63, 3.8) is 0 Å². The summed E-state index contributed by atoms with van der Waals surface area (Å²) in [5, 5.41) is 9.85. The summed E-state index contributed by atoms with van der Waals surface area (Å²) in [6.07, 6.45) is 2.94.